The highest BCUT2D eigenvalue weighted by Crippen LogP contribution is 2.20. The number of aromatic nitrogens is 1. The van der Waals surface area contributed by atoms with Gasteiger partial charge >= 0.3 is 0 Å². The van der Waals surface area contributed by atoms with Crippen LogP contribution in [-0.2, 0) is 6.54 Å². The minimum Gasteiger partial charge on any atom is -0.494 e. The third kappa shape index (κ3) is 3.61. The lowest BCUT2D eigenvalue weighted by atomic mass is 10.3. The Morgan fingerprint density at radius 2 is 2.12 bits per heavy atom. The molecule has 0 saturated carbocycles. The Balaban J connectivity index is 1.90. The Labute approximate surface area is 109 Å². The van der Waals surface area contributed by atoms with Gasteiger partial charge in [-0.2, -0.15) is 0 Å². The molecule has 0 saturated heterocycles. The second-order valence-corrected chi connectivity index (χ2v) is 5.09. The molecule has 0 amide bonds. The molecule has 0 spiro atoms. The maximum absolute atomic E-state index is 5.76. The summed E-state index contributed by atoms with van der Waals surface area (Å²) in [6.07, 6.45) is 1.79. The smallest absolute Gasteiger partial charge is 0.183 e. The first-order chi connectivity index (χ1) is 8.28. The van der Waals surface area contributed by atoms with E-state index in [4.69, 9.17) is 16.3 Å². The van der Waals surface area contributed by atoms with Gasteiger partial charge in [0.25, 0.3) is 0 Å². The maximum Gasteiger partial charge on any atom is 0.183 e. The van der Waals surface area contributed by atoms with Crippen molar-refractivity contribution >= 4 is 28.6 Å². The van der Waals surface area contributed by atoms with E-state index in [0.29, 0.717) is 11.1 Å². The molecule has 0 bridgehead atoms. The number of hydrogen-bond acceptors (Lipinski definition) is 4. The Kier molecular flexibility index (Phi) is 4.23. The van der Waals surface area contributed by atoms with Gasteiger partial charge in [0.1, 0.15) is 5.75 Å². The molecule has 2 rings (SSSR count). The molecule has 1 aromatic carbocycles. The SMILES string of the molecule is CCOc1ccc(NCc2cnc(Cl)s2)cc1. The van der Waals surface area contributed by atoms with Crippen LogP contribution in [-0.4, -0.2) is 11.6 Å². The number of nitrogens with zero attached hydrogens (tertiary/aromatic N) is 1. The average molecular weight is 269 g/mol. The minimum absolute atomic E-state index is 0.577. The molecule has 1 aromatic heterocycles. The fourth-order valence-corrected chi connectivity index (χ4v) is 2.31. The molecule has 0 aliphatic carbocycles. The van der Waals surface area contributed by atoms with Crippen molar-refractivity contribution in [1.82, 2.24) is 4.98 Å². The van der Waals surface area contributed by atoms with Crippen molar-refractivity contribution in [3.63, 3.8) is 0 Å². The van der Waals surface area contributed by atoms with Crippen molar-refractivity contribution in [2.75, 3.05) is 11.9 Å². The zero-order valence-corrected chi connectivity index (χ0v) is 11.0. The van der Waals surface area contributed by atoms with Crippen molar-refractivity contribution in [2.45, 2.75) is 13.5 Å². The molecule has 0 unspecified atom stereocenters. The quantitative estimate of drug-likeness (QED) is 0.895. The maximum atomic E-state index is 5.76. The minimum atomic E-state index is 0.577. The summed E-state index contributed by atoms with van der Waals surface area (Å²) < 4.78 is 5.95. The molecule has 2 aromatic rings. The zero-order chi connectivity index (χ0) is 12.1. The Morgan fingerprint density at radius 3 is 2.71 bits per heavy atom. The van der Waals surface area contributed by atoms with Crippen LogP contribution >= 0.6 is 22.9 Å². The Bertz CT molecular complexity index is 470. The van der Waals surface area contributed by atoms with Crippen LogP contribution in [0.25, 0.3) is 0 Å². The number of nitrogens with one attached hydrogen (secondary N) is 1. The largest absolute Gasteiger partial charge is 0.494 e. The lowest BCUT2D eigenvalue weighted by Crippen LogP contribution is -1.97. The van der Waals surface area contributed by atoms with Crippen LogP contribution in [0.15, 0.2) is 30.5 Å². The third-order valence-corrected chi connectivity index (χ3v) is 3.27. The molecule has 0 aliphatic heterocycles. The molecular weight excluding hydrogens is 256 g/mol. The van der Waals surface area contributed by atoms with Gasteiger partial charge in [-0.3, -0.25) is 0 Å². The van der Waals surface area contributed by atoms with Crippen LogP contribution in [0.2, 0.25) is 4.47 Å². The Morgan fingerprint density at radius 1 is 1.35 bits per heavy atom. The van der Waals surface area contributed by atoms with Crippen LogP contribution in [0.1, 0.15) is 11.8 Å². The highest BCUT2D eigenvalue weighted by atomic mass is 35.5. The van der Waals surface area contributed by atoms with E-state index in [-0.39, 0.29) is 0 Å². The number of hydrogen-bond donors (Lipinski definition) is 1. The first kappa shape index (κ1) is 12.2. The number of thiazole rings is 1. The van der Waals surface area contributed by atoms with Crippen LogP contribution in [0, 0.1) is 0 Å². The number of rotatable bonds is 5. The first-order valence-electron chi connectivity index (χ1n) is 5.35. The second kappa shape index (κ2) is 5.89. The predicted octanol–water partition coefficient (Wildman–Crippen LogP) is 3.81. The van der Waals surface area contributed by atoms with E-state index < -0.39 is 0 Å². The zero-order valence-electron chi connectivity index (χ0n) is 9.44. The molecule has 0 aliphatic rings. The second-order valence-electron chi connectivity index (χ2n) is 3.39. The van der Waals surface area contributed by atoms with Gasteiger partial charge in [-0.15, -0.1) is 11.3 Å². The van der Waals surface area contributed by atoms with Gasteiger partial charge in [0.05, 0.1) is 13.2 Å². The van der Waals surface area contributed by atoms with E-state index in [1.54, 1.807) is 6.20 Å². The molecule has 5 heteroatoms. The monoisotopic (exact) mass is 268 g/mol. The molecule has 0 atom stereocenters. The molecule has 0 radical (unpaired) electrons. The van der Waals surface area contributed by atoms with E-state index in [9.17, 15) is 0 Å². The number of benzene rings is 1. The lowest BCUT2D eigenvalue weighted by Gasteiger charge is -2.06. The van der Waals surface area contributed by atoms with Crippen LogP contribution in [0.3, 0.4) is 0 Å². The average Bonchev–Trinajstić information content (AvgIpc) is 2.75. The summed E-state index contributed by atoms with van der Waals surface area (Å²) in [7, 11) is 0. The van der Waals surface area contributed by atoms with Gasteiger partial charge in [0, 0.05) is 16.8 Å². The molecule has 3 nitrogen and oxygen atoms in total. The highest BCUT2D eigenvalue weighted by Gasteiger charge is 1.99. The highest BCUT2D eigenvalue weighted by molar-refractivity contribution is 7.15. The normalized spacial score (nSPS) is 10.2. The first-order valence-corrected chi connectivity index (χ1v) is 6.54. The number of anilines is 1. The van der Waals surface area contributed by atoms with Gasteiger partial charge in [0.2, 0.25) is 0 Å². The molecule has 1 heterocycles. The number of halogens is 1. The van der Waals surface area contributed by atoms with Crippen LogP contribution in [0.5, 0.6) is 5.75 Å². The molecular formula is C12H13ClN2OS. The summed E-state index contributed by atoms with van der Waals surface area (Å²) in [5.41, 5.74) is 1.05. The fraction of sp³-hybridized carbons (Fsp3) is 0.250. The van der Waals surface area contributed by atoms with Crippen molar-refractivity contribution in [2.24, 2.45) is 0 Å². The summed E-state index contributed by atoms with van der Waals surface area (Å²) >= 11 is 7.25. The standard InChI is InChI=1S/C12H13ClN2OS/c1-2-16-10-5-3-9(4-6-10)14-7-11-8-15-12(13)17-11/h3-6,8,14H,2,7H2,1H3. The van der Waals surface area contributed by atoms with Crippen LogP contribution < -0.4 is 10.1 Å². The van der Waals surface area contributed by atoms with E-state index >= 15 is 0 Å². The van der Waals surface area contributed by atoms with Gasteiger partial charge in [-0.1, -0.05) is 11.6 Å². The van der Waals surface area contributed by atoms with Gasteiger partial charge in [-0.05, 0) is 31.2 Å². The fourth-order valence-electron chi connectivity index (χ4n) is 1.39. The van der Waals surface area contributed by atoms with Crippen molar-refractivity contribution in [1.29, 1.82) is 0 Å². The third-order valence-electron chi connectivity index (χ3n) is 2.16. The Hall–Kier alpha value is -1.26. The number of ether oxygens (including phenoxy) is 1. The van der Waals surface area contributed by atoms with Crippen LogP contribution in [0.4, 0.5) is 5.69 Å². The summed E-state index contributed by atoms with van der Waals surface area (Å²) in [5, 5.41) is 3.30. The topological polar surface area (TPSA) is 34.1 Å². The summed E-state index contributed by atoms with van der Waals surface area (Å²) in [6, 6.07) is 7.89. The summed E-state index contributed by atoms with van der Waals surface area (Å²) in [5.74, 6) is 0.888. The van der Waals surface area contributed by atoms with Gasteiger partial charge in [-0.25, -0.2) is 4.98 Å². The lowest BCUT2D eigenvalue weighted by molar-refractivity contribution is 0.340. The molecule has 1 N–H and O–H groups in total. The van der Waals surface area contributed by atoms with Crippen molar-refractivity contribution < 1.29 is 4.74 Å². The van der Waals surface area contributed by atoms with E-state index in [1.165, 1.54) is 11.3 Å². The van der Waals surface area contributed by atoms with E-state index in [0.717, 1.165) is 22.9 Å². The van der Waals surface area contributed by atoms with Gasteiger partial charge < -0.3 is 10.1 Å². The van der Waals surface area contributed by atoms with E-state index in [2.05, 4.69) is 10.3 Å². The van der Waals surface area contributed by atoms with E-state index in [1.807, 2.05) is 31.2 Å². The van der Waals surface area contributed by atoms with Crippen molar-refractivity contribution in [3.05, 3.63) is 39.8 Å². The molecule has 90 valence electrons. The van der Waals surface area contributed by atoms with Gasteiger partial charge in [0.15, 0.2) is 4.47 Å². The van der Waals surface area contributed by atoms with Crippen molar-refractivity contribution in [3.8, 4) is 5.75 Å². The summed E-state index contributed by atoms with van der Waals surface area (Å²) in [6.45, 7) is 3.39. The molecule has 17 heavy (non-hydrogen) atoms. The summed E-state index contributed by atoms with van der Waals surface area (Å²) in [4.78, 5) is 5.11. The molecule has 0 fully saturated rings. The predicted molar refractivity (Wildman–Crippen MR) is 72.1 cm³/mol.